The van der Waals surface area contributed by atoms with Crippen molar-refractivity contribution >= 4 is 16.7 Å². The molecule has 0 fully saturated rings. The number of fused-ring (bicyclic) bond motifs is 1. The molecule has 0 aliphatic carbocycles. The molecule has 0 saturated carbocycles. The molecule has 3 rings (SSSR count). The maximum atomic E-state index is 13.5. The highest BCUT2D eigenvalue weighted by Crippen LogP contribution is 2.25. The van der Waals surface area contributed by atoms with Crippen LogP contribution < -0.4 is 5.32 Å². The Morgan fingerprint density at radius 3 is 2.50 bits per heavy atom. The first-order valence-electron chi connectivity index (χ1n) is 7.58. The minimum atomic E-state index is -2.78. The lowest BCUT2D eigenvalue weighted by Gasteiger charge is -2.11. The number of aryl methyl sites for hydroxylation is 1. The lowest BCUT2D eigenvalue weighted by atomic mass is 10.1. The summed E-state index contributed by atoms with van der Waals surface area (Å²) in [6.45, 7) is 2.50. The van der Waals surface area contributed by atoms with Crippen molar-refractivity contribution in [1.82, 2.24) is 9.97 Å². The van der Waals surface area contributed by atoms with Crippen molar-refractivity contribution in [1.29, 1.82) is 0 Å². The topological polar surface area (TPSA) is 37.8 Å². The molecule has 0 atom stereocenters. The quantitative estimate of drug-likeness (QED) is 0.738. The van der Waals surface area contributed by atoms with Crippen LogP contribution in [0, 0.1) is 12.7 Å². The van der Waals surface area contributed by atoms with E-state index < -0.39 is 18.1 Å². The van der Waals surface area contributed by atoms with Crippen LogP contribution in [0.5, 0.6) is 0 Å². The van der Waals surface area contributed by atoms with E-state index in [0.717, 1.165) is 5.56 Å². The van der Waals surface area contributed by atoms with Gasteiger partial charge in [-0.3, -0.25) is 0 Å². The Bertz CT molecular complexity index is 848. The SMILES string of the molecule is Cc1ccc(CCNc2nc(C(F)F)nc3ccc(F)cc23)cc1. The van der Waals surface area contributed by atoms with Crippen molar-refractivity contribution in [3.8, 4) is 0 Å². The fraction of sp³-hybridized carbons (Fsp3) is 0.222. The minimum absolute atomic E-state index is 0.224. The van der Waals surface area contributed by atoms with Gasteiger partial charge in [-0.2, -0.15) is 0 Å². The van der Waals surface area contributed by atoms with Crippen molar-refractivity contribution in [2.24, 2.45) is 0 Å². The third-order valence-corrected chi connectivity index (χ3v) is 3.70. The van der Waals surface area contributed by atoms with Gasteiger partial charge in [0.25, 0.3) is 6.43 Å². The van der Waals surface area contributed by atoms with Crippen LogP contribution in [0.2, 0.25) is 0 Å². The molecule has 1 heterocycles. The Morgan fingerprint density at radius 1 is 1.04 bits per heavy atom. The molecule has 0 amide bonds. The predicted octanol–water partition coefficient (Wildman–Crippen LogP) is 4.67. The van der Waals surface area contributed by atoms with Crippen LogP contribution in [0.25, 0.3) is 10.9 Å². The van der Waals surface area contributed by atoms with E-state index in [2.05, 4.69) is 15.3 Å². The number of anilines is 1. The molecule has 0 radical (unpaired) electrons. The average Bonchev–Trinajstić information content (AvgIpc) is 2.56. The van der Waals surface area contributed by atoms with Crippen molar-refractivity contribution in [2.45, 2.75) is 19.8 Å². The largest absolute Gasteiger partial charge is 0.369 e. The summed E-state index contributed by atoms with van der Waals surface area (Å²) in [7, 11) is 0. The van der Waals surface area contributed by atoms with Crippen molar-refractivity contribution in [3.63, 3.8) is 0 Å². The van der Waals surface area contributed by atoms with E-state index in [4.69, 9.17) is 0 Å². The fourth-order valence-corrected chi connectivity index (χ4v) is 2.43. The number of halogens is 3. The maximum absolute atomic E-state index is 13.5. The van der Waals surface area contributed by atoms with Gasteiger partial charge in [0.2, 0.25) is 0 Å². The van der Waals surface area contributed by atoms with Crippen molar-refractivity contribution in [2.75, 3.05) is 11.9 Å². The van der Waals surface area contributed by atoms with Gasteiger partial charge in [-0.05, 0) is 37.1 Å². The smallest absolute Gasteiger partial charge is 0.297 e. The summed E-state index contributed by atoms with van der Waals surface area (Å²) >= 11 is 0. The Morgan fingerprint density at radius 2 is 1.79 bits per heavy atom. The molecule has 2 aromatic carbocycles. The molecule has 0 unspecified atom stereocenters. The molecule has 0 bridgehead atoms. The molecule has 0 aliphatic rings. The predicted molar refractivity (Wildman–Crippen MR) is 87.8 cm³/mol. The Kier molecular flexibility index (Phi) is 4.64. The number of hydrogen-bond donors (Lipinski definition) is 1. The summed E-state index contributed by atoms with van der Waals surface area (Å²) < 4.78 is 39.4. The minimum Gasteiger partial charge on any atom is -0.369 e. The first-order chi connectivity index (χ1) is 11.5. The molecule has 0 saturated heterocycles. The van der Waals surface area contributed by atoms with Crippen molar-refractivity contribution in [3.05, 3.63) is 65.2 Å². The number of nitrogens with one attached hydrogen (secondary N) is 1. The zero-order valence-corrected chi connectivity index (χ0v) is 13.1. The van der Waals surface area contributed by atoms with Gasteiger partial charge in [-0.15, -0.1) is 0 Å². The van der Waals surface area contributed by atoms with Crippen LogP contribution >= 0.6 is 0 Å². The third-order valence-electron chi connectivity index (χ3n) is 3.70. The van der Waals surface area contributed by atoms with Gasteiger partial charge in [0.15, 0.2) is 5.82 Å². The van der Waals surface area contributed by atoms with E-state index in [9.17, 15) is 13.2 Å². The highest BCUT2D eigenvalue weighted by molar-refractivity contribution is 5.89. The number of alkyl halides is 2. The fourth-order valence-electron chi connectivity index (χ4n) is 2.43. The Hall–Kier alpha value is -2.63. The normalized spacial score (nSPS) is 11.2. The van der Waals surface area contributed by atoms with Gasteiger partial charge in [0, 0.05) is 11.9 Å². The second kappa shape index (κ2) is 6.86. The van der Waals surface area contributed by atoms with Gasteiger partial charge in [0.05, 0.1) is 5.52 Å². The van der Waals surface area contributed by atoms with Crippen LogP contribution in [-0.2, 0) is 6.42 Å². The highest BCUT2D eigenvalue weighted by Gasteiger charge is 2.15. The first kappa shape index (κ1) is 16.2. The molecule has 0 aliphatic heterocycles. The standard InChI is InChI=1S/C18H16F3N3/c1-11-2-4-12(5-3-11)8-9-22-17-14-10-13(19)6-7-15(14)23-18(24-17)16(20)21/h2-7,10,16H,8-9H2,1H3,(H,22,23,24). The molecule has 124 valence electrons. The highest BCUT2D eigenvalue weighted by atomic mass is 19.3. The molecular weight excluding hydrogens is 315 g/mol. The summed E-state index contributed by atoms with van der Waals surface area (Å²) in [5.41, 5.74) is 2.58. The number of hydrogen-bond acceptors (Lipinski definition) is 3. The van der Waals surface area contributed by atoms with Gasteiger partial charge in [-0.25, -0.2) is 23.1 Å². The Balaban J connectivity index is 1.84. The summed E-state index contributed by atoms with van der Waals surface area (Å²) in [5.74, 6) is -0.800. The molecule has 1 N–H and O–H groups in total. The number of nitrogens with zero attached hydrogens (tertiary/aromatic N) is 2. The molecule has 3 aromatic rings. The molecule has 3 nitrogen and oxygen atoms in total. The molecule has 1 aromatic heterocycles. The molecule has 24 heavy (non-hydrogen) atoms. The number of benzene rings is 2. The molecule has 0 spiro atoms. The van der Waals surface area contributed by atoms with E-state index >= 15 is 0 Å². The zero-order valence-electron chi connectivity index (χ0n) is 13.1. The van der Waals surface area contributed by atoms with Gasteiger partial charge >= 0.3 is 0 Å². The summed E-state index contributed by atoms with van der Waals surface area (Å²) in [5, 5.41) is 3.41. The lowest BCUT2D eigenvalue weighted by molar-refractivity contribution is 0.141. The average molecular weight is 331 g/mol. The van der Waals surface area contributed by atoms with Crippen LogP contribution in [0.4, 0.5) is 19.0 Å². The number of rotatable bonds is 5. The van der Waals surface area contributed by atoms with Crippen molar-refractivity contribution < 1.29 is 13.2 Å². The van der Waals surface area contributed by atoms with Gasteiger partial charge < -0.3 is 5.32 Å². The van der Waals surface area contributed by atoms with E-state index in [1.807, 2.05) is 31.2 Å². The van der Waals surface area contributed by atoms with E-state index in [1.54, 1.807) is 0 Å². The van der Waals surface area contributed by atoms with Gasteiger partial charge in [-0.1, -0.05) is 29.8 Å². The van der Waals surface area contributed by atoms with Gasteiger partial charge in [0.1, 0.15) is 11.6 Å². The van der Waals surface area contributed by atoms with Crippen LogP contribution in [0.3, 0.4) is 0 Å². The zero-order chi connectivity index (χ0) is 17.1. The Labute approximate surface area is 137 Å². The number of aromatic nitrogens is 2. The summed E-state index contributed by atoms with van der Waals surface area (Å²) in [4.78, 5) is 7.63. The summed E-state index contributed by atoms with van der Waals surface area (Å²) in [6.07, 6.45) is -2.08. The van der Waals surface area contributed by atoms with Crippen LogP contribution in [0.15, 0.2) is 42.5 Å². The second-order valence-electron chi connectivity index (χ2n) is 5.55. The third kappa shape index (κ3) is 3.64. The van der Waals surface area contributed by atoms with E-state index in [1.165, 1.54) is 23.8 Å². The monoisotopic (exact) mass is 331 g/mol. The van der Waals surface area contributed by atoms with E-state index in [-0.39, 0.29) is 5.82 Å². The van der Waals surface area contributed by atoms with E-state index in [0.29, 0.717) is 23.9 Å². The second-order valence-corrected chi connectivity index (χ2v) is 5.55. The molecular formula is C18H16F3N3. The maximum Gasteiger partial charge on any atom is 0.297 e. The first-order valence-corrected chi connectivity index (χ1v) is 7.58. The summed E-state index contributed by atoms with van der Waals surface area (Å²) in [6, 6.07) is 11.9. The lowest BCUT2D eigenvalue weighted by Crippen LogP contribution is -2.09. The van der Waals surface area contributed by atoms with Crippen LogP contribution in [-0.4, -0.2) is 16.5 Å². The molecule has 6 heteroatoms. The van der Waals surface area contributed by atoms with Crippen LogP contribution in [0.1, 0.15) is 23.4 Å².